The molecular formula is C62H61F6N10O9P. The summed E-state index contributed by atoms with van der Waals surface area (Å²) in [4.78, 5) is 69.6. The standard InChI is InChI=1S/C22H22F3N5O4.C18H15P.C11H10F3NO2.C11H14N4O3/c1-2-4-15-17(6-5-16-19(15)34-28-20(16)22(23,24)25)33-10-3-8-30-18(31)7-9-29(21(30)32)14-11-26-13-27-12-14;1-4-10-16(11-5-1)19(17-12-6-2-7-13-17)18-14-8-3-9-15-18;1-2-3-6-8(16)5-4-7-9(6)17-15-10(7)11(12,13)14;16-5-1-3-15-10(17)2-4-14(11(15)18)9-6-12-8-13-7-9/h5-6,11-13H,2-4,7-10H2,1H3;1-15H;4-5,16H,2-3H2,1H3;6-8,16H,1-5H2. The van der Waals surface area contributed by atoms with E-state index in [1.165, 1.54) is 87.4 Å². The Morgan fingerprint density at radius 3 is 1.39 bits per heavy atom. The highest BCUT2D eigenvalue weighted by molar-refractivity contribution is 7.79. The van der Waals surface area contributed by atoms with Gasteiger partial charge in [0, 0.05) is 56.8 Å². The van der Waals surface area contributed by atoms with E-state index in [1.54, 1.807) is 0 Å². The molecule has 460 valence electrons. The fourth-order valence-corrected chi connectivity index (χ4v) is 11.9. The number of urea groups is 2. The number of carbonyl (C=O) groups excluding carboxylic acids is 4. The number of aliphatic hydroxyl groups excluding tert-OH is 1. The second-order valence-electron chi connectivity index (χ2n) is 19.7. The number of benzene rings is 5. The lowest BCUT2D eigenvalue weighted by atomic mass is 10.0. The minimum atomic E-state index is -4.62. The van der Waals surface area contributed by atoms with Crippen molar-refractivity contribution >= 4 is 81.0 Å². The van der Waals surface area contributed by atoms with Crippen LogP contribution in [0.3, 0.4) is 0 Å². The third kappa shape index (κ3) is 16.0. The van der Waals surface area contributed by atoms with Crippen LogP contribution in [0.2, 0.25) is 0 Å². The summed E-state index contributed by atoms with van der Waals surface area (Å²) in [6.45, 7) is 4.79. The van der Waals surface area contributed by atoms with Crippen molar-refractivity contribution in [2.24, 2.45) is 0 Å². The van der Waals surface area contributed by atoms with Gasteiger partial charge in [-0.15, -0.1) is 0 Å². The Morgan fingerprint density at radius 2 is 0.966 bits per heavy atom. The molecule has 0 radical (unpaired) electrons. The third-order valence-corrected chi connectivity index (χ3v) is 16.1. The van der Waals surface area contributed by atoms with Crippen LogP contribution >= 0.6 is 7.92 Å². The molecular weight excluding hydrogens is 1170 g/mol. The van der Waals surface area contributed by atoms with Crippen molar-refractivity contribution in [1.82, 2.24) is 40.0 Å². The zero-order valence-electron chi connectivity index (χ0n) is 47.8. The van der Waals surface area contributed by atoms with E-state index >= 15 is 0 Å². The lowest BCUT2D eigenvalue weighted by Crippen LogP contribution is -2.53. The second-order valence-corrected chi connectivity index (χ2v) is 21.9. The molecule has 2 aliphatic rings. The van der Waals surface area contributed by atoms with Gasteiger partial charge in [0.25, 0.3) is 0 Å². The fourth-order valence-electron chi connectivity index (χ4n) is 9.59. The van der Waals surface area contributed by atoms with Crippen molar-refractivity contribution in [1.29, 1.82) is 0 Å². The van der Waals surface area contributed by atoms with E-state index in [0.29, 0.717) is 73.3 Å². The molecule has 9 aromatic rings. The van der Waals surface area contributed by atoms with Crippen LogP contribution in [0.1, 0.15) is 74.9 Å². The van der Waals surface area contributed by atoms with Gasteiger partial charge >= 0.3 is 24.4 Å². The Morgan fingerprint density at radius 1 is 0.557 bits per heavy atom. The highest BCUT2D eigenvalue weighted by Gasteiger charge is 2.39. The summed E-state index contributed by atoms with van der Waals surface area (Å²) in [7, 11) is -0.446. The fraction of sp³-hybridized carbons (Fsp3) is 0.290. The molecule has 26 heteroatoms. The lowest BCUT2D eigenvalue weighted by molar-refractivity contribution is -0.142. The van der Waals surface area contributed by atoms with Gasteiger partial charge in [-0.05, 0) is 73.8 Å². The molecule has 2 fully saturated rings. The van der Waals surface area contributed by atoms with Crippen LogP contribution < -0.4 is 30.5 Å². The summed E-state index contributed by atoms with van der Waals surface area (Å²) in [6, 6.07) is 36.6. The van der Waals surface area contributed by atoms with E-state index in [9.17, 15) is 50.6 Å². The number of phenols is 1. The largest absolute Gasteiger partial charge is 0.508 e. The first-order valence-corrected chi connectivity index (χ1v) is 29.4. The average Bonchev–Trinajstić information content (AvgIpc) is 2.29. The number of halogens is 6. The van der Waals surface area contributed by atoms with Crippen LogP contribution in [-0.4, -0.2) is 114 Å². The normalized spacial score (nSPS) is 13.7. The monoisotopic (exact) mass is 1230 g/mol. The number of aromatic hydroxyl groups is 1. The number of aromatic nitrogens is 6. The van der Waals surface area contributed by atoms with Crippen LogP contribution in [0.5, 0.6) is 11.5 Å². The van der Waals surface area contributed by atoms with Crippen molar-refractivity contribution in [2.75, 3.05) is 49.2 Å². The summed E-state index contributed by atoms with van der Waals surface area (Å²) in [5, 5.41) is 28.6. The van der Waals surface area contributed by atoms with Crippen LogP contribution in [0.4, 0.5) is 47.3 Å². The first-order valence-electron chi connectivity index (χ1n) is 28.0. The summed E-state index contributed by atoms with van der Waals surface area (Å²) in [6.07, 6.45) is 3.03. The molecule has 6 amide bonds. The Labute approximate surface area is 502 Å². The highest BCUT2D eigenvalue weighted by atomic mass is 31.1. The Hall–Kier alpha value is -9.35. The summed E-state index contributed by atoms with van der Waals surface area (Å²) in [5.74, 6) is -0.170. The summed E-state index contributed by atoms with van der Waals surface area (Å²) in [5.41, 5.74) is -0.107. The first kappa shape index (κ1) is 64.6. The third-order valence-electron chi connectivity index (χ3n) is 13.7. The number of amides is 6. The summed E-state index contributed by atoms with van der Waals surface area (Å²) < 4.78 is 92.8. The minimum Gasteiger partial charge on any atom is -0.508 e. The lowest BCUT2D eigenvalue weighted by Gasteiger charge is -2.33. The van der Waals surface area contributed by atoms with Gasteiger partial charge in [0.15, 0.2) is 22.6 Å². The molecule has 2 saturated heterocycles. The van der Waals surface area contributed by atoms with E-state index in [1.807, 2.05) is 13.8 Å². The van der Waals surface area contributed by atoms with Gasteiger partial charge < -0.3 is 24.0 Å². The minimum absolute atomic E-state index is 0.0131. The molecule has 0 bridgehead atoms. The molecule has 5 aromatic carbocycles. The van der Waals surface area contributed by atoms with Gasteiger partial charge in [-0.1, -0.05) is 128 Å². The van der Waals surface area contributed by atoms with Gasteiger partial charge in [-0.3, -0.25) is 29.2 Å². The smallest absolute Gasteiger partial charge is 0.437 e. The zero-order chi connectivity index (χ0) is 62.8. The van der Waals surface area contributed by atoms with E-state index in [-0.39, 0.29) is 91.2 Å². The number of hydrogen-bond acceptors (Lipinski definition) is 15. The maximum atomic E-state index is 13.2. The van der Waals surface area contributed by atoms with Gasteiger partial charge in [0.1, 0.15) is 24.2 Å². The van der Waals surface area contributed by atoms with Crippen molar-refractivity contribution in [2.45, 2.75) is 77.6 Å². The number of fused-ring (bicyclic) bond motifs is 2. The molecule has 88 heavy (non-hydrogen) atoms. The van der Waals surface area contributed by atoms with Crippen molar-refractivity contribution in [3.63, 3.8) is 0 Å². The topological polar surface area (TPSA) is 235 Å². The summed E-state index contributed by atoms with van der Waals surface area (Å²) >= 11 is 0. The average molecular weight is 1240 g/mol. The SMILES string of the molecule is CCCc1c(O)ccc2c(C(F)(F)F)noc12.CCCc1c(OCCCN2C(=O)CCN(c3cncnc3)C2=O)ccc2c(C(F)(F)F)noc12.O=C1CCN(c2cncnc2)C(=O)N1CCCO.c1ccc(P(c2ccccc2)c2ccccc2)cc1. The molecule has 6 heterocycles. The van der Waals surface area contributed by atoms with E-state index in [0.717, 1.165) is 9.80 Å². The molecule has 2 aliphatic heterocycles. The number of hydrogen-bond donors (Lipinski definition) is 2. The van der Waals surface area contributed by atoms with E-state index in [4.69, 9.17) is 18.9 Å². The molecule has 0 atom stereocenters. The number of phenolic OH excluding ortho intramolecular Hbond substituents is 1. The Balaban J connectivity index is 0.000000160. The molecule has 0 spiro atoms. The quantitative estimate of drug-likeness (QED) is 0.0490. The van der Waals surface area contributed by atoms with Gasteiger partial charge in [0.05, 0.1) is 53.5 Å². The number of nitrogens with zero attached hydrogens (tertiary/aromatic N) is 10. The number of aliphatic hydroxyl groups is 1. The predicted octanol–water partition coefficient (Wildman–Crippen LogP) is 11.2. The molecule has 2 N–H and O–H groups in total. The Kier molecular flexibility index (Phi) is 22.3. The number of carbonyl (C=O) groups is 4. The number of imide groups is 2. The number of aryl methyl sites for hydroxylation is 2. The molecule has 19 nitrogen and oxygen atoms in total. The number of alkyl halides is 6. The Bertz CT molecular complexity index is 3650. The number of anilines is 2. The molecule has 4 aromatic heterocycles. The van der Waals surface area contributed by atoms with Gasteiger partial charge in [-0.2, -0.15) is 26.3 Å². The van der Waals surface area contributed by atoms with Crippen molar-refractivity contribution < 1.29 is 69.5 Å². The second kappa shape index (κ2) is 30.3. The first-order chi connectivity index (χ1) is 42.4. The van der Waals surface area contributed by atoms with Crippen LogP contribution in [0.15, 0.2) is 162 Å². The van der Waals surface area contributed by atoms with Crippen LogP contribution in [0.25, 0.3) is 21.9 Å². The molecule has 0 saturated carbocycles. The van der Waals surface area contributed by atoms with Gasteiger partial charge in [-0.25, -0.2) is 29.5 Å². The van der Waals surface area contributed by atoms with Crippen molar-refractivity contribution in [3.05, 3.63) is 175 Å². The van der Waals surface area contributed by atoms with Crippen LogP contribution in [-0.2, 0) is 34.8 Å². The number of rotatable bonds is 17. The zero-order valence-corrected chi connectivity index (χ0v) is 48.7. The van der Waals surface area contributed by atoms with Crippen LogP contribution in [0, 0.1) is 0 Å². The van der Waals surface area contributed by atoms with E-state index in [2.05, 4.69) is 121 Å². The van der Waals surface area contributed by atoms with Crippen molar-refractivity contribution in [3.8, 4) is 11.5 Å². The number of ether oxygens (including phenoxy) is 1. The molecule has 0 aliphatic carbocycles. The highest BCUT2D eigenvalue weighted by Crippen LogP contribution is 2.40. The predicted molar refractivity (Wildman–Crippen MR) is 317 cm³/mol. The maximum absolute atomic E-state index is 13.2. The molecule has 11 rings (SSSR count). The van der Waals surface area contributed by atoms with E-state index < -0.39 is 37.7 Å². The van der Waals surface area contributed by atoms with Gasteiger partial charge in [0.2, 0.25) is 11.8 Å². The molecule has 0 unspecified atom stereocenters. The maximum Gasteiger partial charge on any atom is 0.437 e.